The fourth-order valence-corrected chi connectivity index (χ4v) is 2.02. The molecule has 2 nitrogen and oxygen atoms in total. The van der Waals surface area contributed by atoms with Gasteiger partial charge >= 0.3 is 6.18 Å². The Balaban J connectivity index is 1.97. The largest absolute Gasteiger partial charge is 0.457 e. The first kappa shape index (κ1) is 11.5. The molecule has 2 rings (SSSR count). The fraction of sp³-hybridized carbons (Fsp3) is 0.636. The highest BCUT2D eigenvalue weighted by Crippen LogP contribution is 2.31. The monoisotopic (exact) mass is 233 g/mol. The van der Waals surface area contributed by atoms with Crippen molar-refractivity contribution in [1.82, 2.24) is 5.32 Å². The first-order chi connectivity index (χ1) is 7.55. The van der Waals surface area contributed by atoms with Crippen molar-refractivity contribution in [3.05, 3.63) is 23.7 Å². The number of hydrogen-bond acceptors (Lipinski definition) is 2. The lowest BCUT2D eigenvalue weighted by Crippen LogP contribution is -2.30. The normalized spacial score (nSPS) is 22.3. The molecule has 0 saturated carbocycles. The number of rotatable bonds is 2. The Morgan fingerprint density at radius 2 is 2.19 bits per heavy atom. The number of piperidine rings is 1. The molecule has 0 aliphatic carbocycles. The summed E-state index contributed by atoms with van der Waals surface area (Å²) in [5.74, 6) is -0.0757. The van der Waals surface area contributed by atoms with Crippen molar-refractivity contribution in [2.45, 2.75) is 25.4 Å². The van der Waals surface area contributed by atoms with E-state index >= 15 is 0 Å². The molecule has 1 atom stereocenters. The molecule has 1 aliphatic heterocycles. The third-order valence-corrected chi connectivity index (χ3v) is 2.83. The zero-order chi connectivity index (χ0) is 11.6. The number of halogens is 3. The summed E-state index contributed by atoms with van der Waals surface area (Å²) in [4.78, 5) is 0. The van der Waals surface area contributed by atoms with E-state index in [0.29, 0.717) is 18.1 Å². The molecular formula is C11H14F3NO. The van der Waals surface area contributed by atoms with E-state index < -0.39 is 11.9 Å². The van der Waals surface area contributed by atoms with Gasteiger partial charge in [0, 0.05) is 6.42 Å². The van der Waals surface area contributed by atoms with Gasteiger partial charge in [0.1, 0.15) is 5.76 Å². The molecule has 2 heterocycles. The van der Waals surface area contributed by atoms with Crippen LogP contribution in [0, 0.1) is 5.92 Å². The lowest BCUT2D eigenvalue weighted by molar-refractivity contribution is -0.153. The summed E-state index contributed by atoms with van der Waals surface area (Å²) in [6.45, 7) is 1.87. The average Bonchev–Trinajstić information content (AvgIpc) is 2.67. The molecule has 1 aliphatic rings. The maximum Gasteiger partial charge on any atom is 0.449 e. The third-order valence-electron chi connectivity index (χ3n) is 2.83. The Morgan fingerprint density at radius 3 is 2.75 bits per heavy atom. The Morgan fingerprint density at radius 1 is 1.38 bits per heavy atom. The smallest absolute Gasteiger partial charge is 0.449 e. The van der Waals surface area contributed by atoms with Gasteiger partial charge < -0.3 is 9.73 Å². The van der Waals surface area contributed by atoms with Crippen molar-refractivity contribution >= 4 is 0 Å². The van der Waals surface area contributed by atoms with Gasteiger partial charge in [-0.05, 0) is 44.0 Å². The number of furan rings is 1. The summed E-state index contributed by atoms with van der Waals surface area (Å²) in [5, 5.41) is 3.23. The first-order valence-corrected chi connectivity index (χ1v) is 5.42. The molecule has 1 N–H and O–H groups in total. The average molecular weight is 233 g/mol. The SMILES string of the molecule is FC(F)(F)c1ccc(CC2CCCNC2)o1. The second-order valence-corrected chi connectivity index (χ2v) is 4.18. The molecule has 1 unspecified atom stereocenters. The van der Waals surface area contributed by atoms with Gasteiger partial charge in [-0.25, -0.2) is 0 Å². The predicted molar refractivity (Wildman–Crippen MR) is 53.0 cm³/mol. The molecule has 5 heteroatoms. The van der Waals surface area contributed by atoms with Crippen LogP contribution in [-0.2, 0) is 12.6 Å². The fourth-order valence-electron chi connectivity index (χ4n) is 2.02. The molecular weight excluding hydrogens is 219 g/mol. The summed E-state index contributed by atoms with van der Waals surface area (Å²) < 4.78 is 41.6. The lowest BCUT2D eigenvalue weighted by atomic mass is 9.95. The Hall–Kier alpha value is -0.970. The number of alkyl halides is 3. The lowest BCUT2D eigenvalue weighted by Gasteiger charge is -2.21. The van der Waals surface area contributed by atoms with E-state index in [1.54, 1.807) is 0 Å². The van der Waals surface area contributed by atoms with E-state index in [4.69, 9.17) is 4.42 Å². The summed E-state index contributed by atoms with van der Waals surface area (Å²) in [6, 6.07) is 2.43. The predicted octanol–water partition coefficient (Wildman–Crippen LogP) is 2.84. The van der Waals surface area contributed by atoms with Gasteiger partial charge in [0.05, 0.1) is 0 Å². The van der Waals surface area contributed by atoms with E-state index in [0.717, 1.165) is 32.0 Å². The molecule has 1 fully saturated rings. The van der Waals surface area contributed by atoms with E-state index in [1.807, 2.05) is 0 Å². The van der Waals surface area contributed by atoms with Crippen molar-refractivity contribution < 1.29 is 17.6 Å². The molecule has 0 spiro atoms. The molecule has 0 amide bonds. The third kappa shape index (κ3) is 2.78. The van der Waals surface area contributed by atoms with Gasteiger partial charge in [-0.1, -0.05) is 0 Å². The van der Waals surface area contributed by atoms with Gasteiger partial charge in [-0.15, -0.1) is 0 Å². The van der Waals surface area contributed by atoms with Crippen LogP contribution < -0.4 is 5.32 Å². The molecule has 0 aromatic carbocycles. The quantitative estimate of drug-likeness (QED) is 0.849. The highest BCUT2D eigenvalue weighted by Gasteiger charge is 2.34. The van der Waals surface area contributed by atoms with Crippen LogP contribution in [0.5, 0.6) is 0 Å². The van der Waals surface area contributed by atoms with Gasteiger partial charge in [-0.3, -0.25) is 0 Å². The summed E-state index contributed by atoms with van der Waals surface area (Å²) in [6.07, 6.45) is -1.65. The molecule has 1 aromatic heterocycles. The second kappa shape index (κ2) is 4.49. The molecule has 16 heavy (non-hydrogen) atoms. The molecule has 0 bridgehead atoms. The molecule has 90 valence electrons. The second-order valence-electron chi connectivity index (χ2n) is 4.18. The van der Waals surface area contributed by atoms with Crippen LogP contribution in [0.1, 0.15) is 24.4 Å². The van der Waals surface area contributed by atoms with Crippen LogP contribution in [0.2, 0.25) is 0 Å². The van der Waals surface area contributed by atoms with Crippen molar-refractivity contribution in [3.8, 4) is 0 Å². The van der Waals surface area contributed by atoms with Crippen LogP contribution in [0.4, 0.5) is 13.2 Å². The van der Waals surface area contributed by atoms with Gasteiger partial charge in [0.25, 0.3) is 0 Å². The highest BCUT2D eigenvalue weighted by atomic mass is 19.4. The van der Waals surface area contributed by atoms with Crippen LogP contribution in [0.3, 0.4) is 0 Å². The maximum absolute atomic E-state index is 12.3. The van der Waals surface area contributed by atoms with E-state index in [-0.39, 0.29) is 0 Å². The van der Waals surface area contributed by atoms with Gasteiger partial charge in [0.2, 0.25) is 5.76 Å². The van der Waals surface area contributed by atoms with Crippen molar-refractivity contribution in [2.24, 2.45) is 5.92 Å². The first-order valence-electron chi connectivity index (χ1n) is 5.42. The Kier molecular flexibility index (Phi) is 3.23. The van der Waals surface area contributed by atoms with Crippen molar-refractivity contribution in [3.63, 3.8) is 0 Å². The van der Waals surface area contributed by atoms with Crippen molar-refractivity contribution in [2.75, 3.05) is 13.1 Å². The highest BCUT2D eigenvalue weighted by molar-refractivity contribution is 5.10. The van der Waals surface area contributed by atoms with Crippen LogP contribution in [-0.4, -0.2) is 13.1 Å². The topological polar surface area (TPSA) is 25.2 Å². The van der Waals surface area contributed by atoms with E-state index in [9.17, 15) is 13.2 Å². The summed E-state index contributed by atoms with van der Waals surface area (Å²) in [5.41, 5.74) is 0. The van der Waals surface area contributed by atoms with Gasteiger partial charge in [0.15, 0.2) is 0 Å². The Labute approximate surface area is 91.8 Å². The summed E-state index contributed by atoms with van der Waals surface area (Å²) in [7, 11) is 0. The van der Waals surface area contributed by atoms with Gasteiger partial charge in [-0.2, -0.15) is 13.2 Å². The summed E-state index contributed by atoms with van der Waals surface area (Å²) >= 11 is 0. The zero-order valence-corrected chi connectivity index (χ0v) is 8.81. The minimum atomic E-state index is -4.37. The van der Waals surface area contributed by atoms with E-state index in [2.05, 4.69) is 5.32 Å². The van der Waals surface area contributed by atoms with Crippen LogP contribution in [0.15, 0.2) is 16.5 Å². The minimum absolute atomic E-state index is 0.390. The van der Waals surface area contributed by atoms with E-state index in [1.165, 1.54) is 6.07 Å². The van der Waals surface area contributed by atoms with Crippen LogP contribution in [0.25, 0.3) is 0 Å². The standard InChI is InChI=1S/C11H14F3NO/c12-11(13,14)10-4-3-9(16-10)6-8-2-1-5-15-7-8/h3-4,8,15H,1-2,5-7H2. The van der Waals surface area contributed by atoms with Crippen molar-refractivity contribution in [1.29, 1.82) is 0 Å². The number of hydrogen-bond donors (Lipinski definition) is 1. The molecule has 1 saturated heterocycles. The Bertz CT molecular complexity index is 339. The molecule has 1 aromatic rings. The van der Waals surface area contributed by atoms with Crippen LogP contribution >= 0.6 is 0 Å². The number of nitrogens with one attached hydrogen (secondary N) is 1. The minimum Gasteiger partial charge on any atom is -0.457 e. The molecule has 0 radical (unpaired) electrons. The maximum atomic E-state index is 12.3. The zero-order valence-electron chi connectivity index (χ0n) is 8.81.